The van der Waals surface area contributed by atoms with E-state index in [0.717, 1.165) is 61.9 Å². The van der Waals surface area contributed by atoms with Crippen LogP contribution >= 0.6 is 0 Å². The number of aromatic carboxylic acids is 1. The molecule has 1 aliphatic carbocycles. The number of benzene rings is 2. The van der Waals surface area contributed by atoms with Crippen LogP contribution in [0.1, 0.15) is 58.8 Å². The zero-order valence-electron chi connectivity index (χ0n) is 20.3. The third-order valence-corrected chi connectivity index (χ3v) is 8.32. The molecule has 2 aliphatic heterocycles. The number of nitrogens with zero attached hydrogens (tertiary/aromatic N) is 2. The molecule has 1 saturated carbocycles. The second-order valence-electron chi connectivity index (χ2n) is 10.5. The van der Waals surface area contributed by atoms with E-state index in [4.69, 9.17) is 16.2 Å². The van der Waals surface area contributed by atoms with Crippen molar-refractivity contribution < 1.29 is 19.5 Å². The van der Waals surface area contributed by atoms with Gasteiger partial charge in [0.05, 0.1) is 5.56 Å². The molecule has 0 radical (unpaired) electrons. The van der Waals surface area contributed by atoms with Crippen molar-refractivity contribution in [3.63, 3.8) is 0 Å². The van der Waals surface area contributed by atoms with Gasteiger partial charge in [-0.1, -0.05) is 36.4 Å². The summed E-state index contributed by atoms with van der Waals surface area (Å²) >= 11 is 0. The Kier molecular flexibility index (Phi) is 6.28. The molecule has 8 nitrogen and oxygen atoms in total. The maximum Gasteiger partial charge on any atom is 0.335 e. The first-order valence-corrected chi connectivity index (χ1v) is 12.6. The van der Waals surface area contributed by atoms with Crippen molar-refractivity contribution in [2.75, 3.05) is 19.6 Å². The van der Waals surface area contributed by atoms with Crippen molar-refractivity contribution >= 4 is 23.6 Å². The molecule has 1 amide bonds. The predicted molar refractivity (Wildman–Crippen MR) is 135 cm³/mol. The predicted octanol–water partition coefficient (Wildman–Crippen LogP) is 3.01. The quantitative estimate of drug-likeness (QED) is 0.439. The summed E-state index contributed by atoms with van der Waals surface area (Å²) in [4.78, 5) is 42.2. The van der Waals surface area contributed by atoms with Crippen LogP contribution in [0.3, 0.4) is 0 Å². The van der Waals surface area contributed by atoms with Crippen LogP contribution in [0.25, 0.3) is 0 Å². The topological polar surface area (TPSA) is 128 Å². The molecular weight excluding hydrogens is 456 g/mol. The highest BCUT2D eigenvalue weighted by Gasteiger charge is 2.51. The lowest BCUT2D eigenvalue weighted by molar-refractivity contribution is -0.151. The fourth-order valence-corrected chi connectivity index (χ4v) is 6.24. The van der Waals surface area contributed by atoms with E-state index in [0.29, 0.717) is 6.54 Å². The molecule has 0 bridgehead atoms. The van der Waals surface area contributed by atoms with Gasteiger partial charge in [0.15, 0.2) is 11.7 Å². The molecule has 3 aliphatic rings. The van der Waals surface area contributed by atoms with Gasteiger partial charge in [0, 0.05) is 32.0 Å². The molecule has 5 rings (SSSR count). The molecule has 1 saturated heterocycles. The van der Waals surface area contributed by atoms with E-state index in [2.05, 4.69) is 0 Å². The molecule has 4 N–H and O–H groups in total. The number of guanidine groups is 1. The summed E-state index contributed by atoms with van der Waals surface area (Å²) in [5.41, 5.74) is 8.69. The van der Waals surface area contributed by atoms with Crippen LogP contribution in [-0.4, -0.2) is 58.2 Å². The van der Waals surface area contributed by atoms with Crippen molar-refractivity contribution in [1.82, 2.24) is 9.80 Å². The standard InChI is InChI=1S/C28H32N4O4/c29-27(30)31-13-10-28(11-14-31)16-21(17-28)25(34)32-12-9-19-3-1-2-4-22(19)24(32)23(33)15-18-5-7-20(8-6-18)26(35)36/h1-8,21,24H,9-17H2,(H3,29,30)(H,35,36)/t24-/m1/s1. The van der Waals surface area contributed by atoms with E-state index in [9.17, 15) is 14.4 Å². The Hall–Kier alpha value is -3.68. The Bertz CT molecular complexity index is 1190. The van der Waals surface area contributed by atoms with E-state index < -0.39 is 12.0 Å². The van der Waals surface area contributed by atoms with Crippen LogP contribution in [0.5, 0.6) is 0 Å². The summed E-state index contributed by atoms with van der Waals surface area (Å²) in [5, 5.41) is 16.8. The van der Waals surface area contributed by atoms with Crippen molar-refractivity contribution in [2.45, 2.75) is 44.6 Å². The Morgan fingerprint density at radius 1 is 1.00 bits per heavy atom. The summed E-state index contributed by atoms with van der Waals surface area (Å²) in [6.07, 6.45) is 4.39. The monoisotopic (exact) mass is 488 g/mol. The average Bonchev–Trinajstić information content (AvgIpc) is 2.86. The molecule has 2 aromatic rings. The first kappa shape index (κ1) is 24.0. The number of piperidine rings is 1. The third-order valence-electron chi connectivity index (χ3n) is 8.32. The van der Waals surface area contributed by atoms with Gasteiger partial charge in [0.1, 0.15) is 6.04 Å². The van der Waals surface area contributed by atoms with Gasteiger partial charge in [-0.25, -0.2) is 4.79 Å². The Balaban J connectivity index is 1.32. The lowest BCUT2D eigenvalue weighted by Gasteiger charge is -2.53. The lowest BCUT2D eigenvalue weighted by Crippen LogP contribution is -2.55. The molecule has 36 heavy (non-hydrogen) atoms. The maximum absolute atomic E-state index is 13.7. The van der Waals surface area contributed by atoms with Gasteiger partial charge in [-0.15, -0.1) is 0 Å². The number of carbonyl (C=O) groups is 3. The second-order valence-corrected chi connectivity index (χ2v) is 10.5. The fraction of sp³-hybridized carbons (Fsp3) is 0.429. The van der Waals surface area contributed by atoms with Crippen LogP contribution in [-0.2, 0) is 22.4 Å². The van der Waals surface area contributed by atoms with E-state index >= 15 is 0 Å². The zero-order valence-corrected chi connectivity index (χ0v) is 20.3. The molecular formula is C28H32N4O4. The van der Waals surface area contributed by atoms with E-state index in [1.54, 1.807) is 17.0 Å². The van der Waals surface area contributed by atoms with Gasteiger partial charge < -0.3 is 20.6 Å². The SMILES string of the molecule is N=C(N)N1CCC2(CC1)CC(C(=O)N1CCc3ccccc3[C@@H]1C(=O)Cc1ccc(C(=O)O)cc1)C2. The number of hydrogen-bond acceptors (Lipinski definition) is 4. The first-order chi connectivity index (χ1) is 17.3. The smallest absolute Gasteiger partial charge is 0.335 e. The zero-order chi connectivity index (χ0) is 25.4. The first-order valence-electron chi connectivity index (χ1n) is 12.6. The van der Waals surface area contributed by atoms with Gasteiger partial charge in [-0.3, -0.25) is 15.0 Å². The number of carboxylic acid groups (broad SMARTS) is 1. The molecule has 2 fully saturated rings. The van der Waals surface area contributed by atoms with Crippen LogP contribution in [0.2, 0.25) is 0 Å². The molecule has 2 heterocycles. The van der Waals surface area contributed by atoms with Crippen LogP contribution in [0, 0.1) is 16.7 Å². The number of amides is 1. The molecule has 0 aromatic heterocycles. The minimum Gasteiger partial charge on any atom is -0.478 e. The van der Waals surface area contributed by atoms with Gasteiger partial charge in [-0.05, 0) is 66.3 Å². The number of Topliss-reactive ketones (excluding diaryl/α,β-unsaturated/α-hetero) is 1. The van der Waals surface area contributed by atoms with Gasteiger partial charge >= 0.3 is 5.97 Å². The maximum atomic E-state index is 13.7. The number of nitrogens with one attached hydrogen (secondary N) is 1. The number of fused-ring (bicyclic) bond motifs is 1. The molecule has 1 spiro atoms. The molecule has 188 valence electrons. The second kappa shape index (κ2) is 9.41. The lowest BCUT2D eigenvalue weighted by atomic mass is 9.57. The summed E-state index contributed by atoms with van der Waals surface area (Å²) in [6.45, 7) is 2.04. The third kappa shape index (κ3) is 4.47. The largest absolute Gasteiger partial charge is 0.478 e. The number of nitrogens with two attached hydrogens (primary N) is 1. The van der Waals surface area contributed by atoms with Crippen LogP contribution < -0.4 is 5.73 Å². The van der Waals surface area contributed by atoms with Gasteiger partial charge in [-0.2, -0.15) is 0 Å². The molecule has 2 aromatic carbocycles. The van der Waals surface area contributed by atoms with Gasteiger partial charge in [0.2, 0.25) is 5.91 Å². The number of carbonyl (C=O) groups excluding carboxylic acids is 2. The molecule has 1 atom stereocenters. The highest BCUT2D eigenvalue weighted by molar-refractivity contribution is 5.93. The Morgan fingerprint density at radius 3 is 2.31 bits per heavy atom. The molecule has 8 heteroatoms. The number of hydrogen-bond donors (Lipinski definition) is 3. The van der Waals surface area contributed by atoms with E-state index in [1.807, 2.05) is 29.2 Å². The number of rotatable bonds is 5. The van der Waals surface area contributed by atoms with Crippen LogP contribution in [0.4, 0.5) is 0 Å². The fourth-order valence-electron chi connectivity index (χ4n) is 6.24. The van der Waals surface area contributed by atoms with E-state index in [-0.39, 0.29) is 41.0 Å². The van der Waals surface area contributed by atoms with Crippen molar-refractivity contribution in [2.24, 2.45) is 17.1 Å². The van der Waals surface area contributed by atoms with Crippen molar-refractivity contribution in [3.8, 4) is 0 Å². The Labute approximate surface area is 210 Å². The van der Waals surface area contributed by atoms with Gasteiger partial charge in [0.25, 0.3) is 0 Å². The minimum atomic E-state index is -1.00. The molecule has 0 unspecified atom stereocenters. The van der Waals surface area contributed by atoms with Crippen LogP contribution in [0.15, 0.2) is 48.5 Å². The minimum absolute atomic E-state index is 0.0534. The normalized spacial score (nSPS) is 20.9. The number of ketones is 1. The van der Waals surface area contributed by atoms with Crippen molar-refractivity contribution in [3.05, 3.63) is 70.8 Å². The average molecular weight is 489 g/mol. The van der Waals surface area contributed by atoms with E-state index in [1.165, 1.54) is 12.1 Å². The summed E-state index contributed by atoms with van der Waals surface area (Å²) in [5.74, 6) is -0.964. The van der Waals surface area contributed by atoms with Crippen molar-refractivity contribution in [1.29, 1.82) is 5.41 Å². The Morgan fingerprint density at radius 2 is 1.67 bits per heavy atom. The highest BCUT2D eigenvalue weighted by Crippen LogP contribution is 2.53. The number of carboxylic acids is 1. The number of likely N-dealkylation sites (tertiary alicyclic amines) is 1. The summed E-state index contributed by atoms with van der Waals surface area (Å²) < 4.78 is 0. The highest BCUT2D eigenvalue weighted by atomic mass is 16.4. The summed E-state index contributed by atoms with van der Waals surface area (Å²) in [6, 6.07) is 13.6. The summed E-state index contributed by atoms with van der Waals surface area (Å²) in [7, 11) is 0.